The van der Waals surface area contributed by atoms with E-state index in [1.165, 1.54) is 19.2 Å². The highest BCUT2D eigenvalue weighted by atomic mass is 19.1. The van der Waals surface area contributed by atoms with E-state index in [0.29, 0.717) is 30.4 Å². The van der Waals surface area contributed by atoms with Crippen LogP contribution in [0.2, 0.25) is 0 Å². The average Bonchev–Trinajstić information content (AvgIpc) is 3.31. The number of benzene rings is 2. The van der Waals surface area contributed by atoms with Gasteiger partial charge >= 0.3 is 5.97 Å². The first-order chi connectivity index (χ1) is 16.0. The third-order valence-corrected chi connectivity index (χ3v) is 5.91. The number of esters is 1. The van der Waals surface area contributed by atoms with Crippen molar-refractivity contribution < 1.29 is 27.8 Å². The number of carbonyl (C=O) groups excluding carboxylic acids is 1. The van der Waals surface area contributed by atoms with E-state index in [9.17, 15) is 9.18 Å². The second kappa shape index (κ2) is 10.7. The Morgan fingerprint density at radius 3 is 2.55 bits per heavy atom. The molecule has 0 amide bonds. The van der Waals surface area contributed by atoms with Gasteiger partial charge in [-0.25, -0.2) is 14.2 Å². The zero-order valence-electron chi connectivity index (χ0n) is 18.9. The fraction of sp³-hybridized carbons (Fsp3) is 0.385. The number of aromatic nitrogens is 1. The van der Waals surface area contributed by atoms with Gasteiger partial charge in [0.05, 0.1) is 38.1 Å². The molecule has 0 saturated heterocycles. The Bertz CT molecular complexity index is 1080. The van der Waals surface area contributed by atoms with Gasteiger partial charge in [0.1, 0.15) is 17.8 Å². The van der Waals surface area contributed by atoms with Gasteiger partial charge in [-0.15, -0.1) is 0 Å². The van der Waals surface area contributed by atoms with Gasteiger partial charge in [0.25, 0.3) is 0 Å². The first-order valence-electron chi connectivity index (χ1n) is 11.1. The van der Waals surface area contributed by atoms with Crippen LogP contribution in [0.15, 0.2) is 53.1 Å². The van der Waals surface area contributed by atoms with E-state index in [2.05, 4.69) is 4.98 Å². The molecule has 0 aliphatic heterocycles. The molecule has 1 aliphatic rings. The Labute approximate surface area is 192 Å². The number of rotatable bonds is 8. The molecule has 1 heterocycles. The van der Waals surface area contributed by atoms with Gasteiger partial charge in [-0.1, -0.05) is 18.2 Å². The van der Waals surface area contributed by atoms with Crippen LogP contribution in [0.25, 0.3) is 11.5 Å². The Morgan fingerprint density at radius 2 is 1.82 bits per heavy atom. The van der Waals surface area contributed by atoms with Crippen molar-refractivity contribution in [2.24, 2.45) is 0 Å². The monoisotopic (exact) mass is 453 g/mol. The molecule has 0 bridgehead atoms. The highest BCUT2D eigenvalue weighted by Gasteiger charge is 2.24. The molecule has 2 atom stereocenters. The van der Waals surface area contributed by atoms with Gasteiger partial charge in [0.15, 0.2) is 0 Å². The summed E-state index contributed by atoms with van der Waals surface area (Å²) in [6, 6.07) is 11.7. The van der Waals surface area contributed by atoms with Crippen LogP contribution in [0.3, 0.4) is 0 Å². The first-order valence-corrected chi connectivity index (χ1v) is 11.1. The third kappa shape index (κ3) is 5.86. The SMILES string of the molecule is COC(=O)c1c(C)cccc1CO[C@H]1CCC[C@@H](OCc2coc(-c3ccc(F)cc3)n2)C1. The molecule has 6 nitrogen and oxygen atoms in total. The highest BCUT2D eigenvalue weighted by molar-refractivity contribution is 5.92. The van der Waals surface area contributed by atoms with Crippen molar-refractivity contribution in [2.45, 2.75) is 58.0 Å². The third-order valence-electron chi connectivity index (χ3n) is 5.91. The second-order valence-electron chi connectivity index (χ2n) is 8.28. The number of methoxy groups -OCH3 is 1. The molecule has 0 radical (unpaired) electrons. The Kier molecular flexibility index (Phi) is 7.52. The predicted molar refractivity (Wildman–Crippen MR) is 120 cm³/mol. The summed E-state index contributed by atoms with van der Waals surface area (Å²) in [5, 5.41) is 0. The van der Waals surface area contributed by atoms with Crippen LogP contribution in [0, 0.1) is 12.7 Å². The lowest BCUT2D eigenvalue weighted by atomic mass is 9.94. The second-order valence-corrected chi connectivity index (χ2v) is 8.28. The van der Waals surface area contributed by atoms with E-state index < -0.39 is 0 Å². The summed E-state index contributed by atoms with van der Waals surface area (Å²) in [5.41, 5.74) is 3.70. The largest absolute Gasteiger partial charge is 0.465 e. The molecular formula is C26H28FNO5. The van der Waals surface area contributed by atoms with E-state index in [4.69, 9.17) is 18.6 Å². The molecule has 1 saturated carbocycles. The lowest BCUT2D eigenvalue weighted by Gasteiger charge is -2.29. The number of nitrogens with zero attached hydrogens (tertiary/aromatic N) is 1. The normalized spacial score (nSPS) is 18.3. The maximum absolute atomic E-state index is 13.1. The van der Waals surface area contributed by atoms with E-state index in [1.54, 1.807) is 18.4 Å². The van der Waals surface area contributed by atoms with E-state index >= 15 is 0 Å². The van der Waals surface area contributed by atoms with E-state index in [-0.39, 0.29) is 24.0 Å². The number of aryl methyl sites for hydroxylation is 1. The van der Waals surface area contributed by atoms with Crippen LogP contribution >= 0.6 is 0 Å². The summed E-state index contributed by atoms with van der Waals surface area (Å²) in [6.45, 7) is 2.59. The number of ether oxygens (including phenoxy) is 3. The minimum atomic E-state index is -0.343. The standard InChI is InChI=1S/C26H28FNO5/c1-17-5-3-6-19(24(17)26(29)30-2)14-31-22-7-4-8-23(13-22)32-15-21-16-33-25(28-21)18-9-11-20(27)12-10-18/h3,5-6,9-12,16,22-23H,4,7-8,13-15H2,1-2H3/t22-,23+/m0/s1. The quantitative estimate of drug-likeness (QED) is 0.412. The van der Waals surface area contributed by atoms with Crippen molar-refractivity contribution in [3.63, 3.8) is 0 Å². The van der Waals surface area contributed by atoms with Gasteiger partial charge in [-0.3, -0.25) is 0 Å². The van der Waals surface area contributed by atoms with Crippen molar-refractivity contribution in [1.82, 2.24) is 4.98 Å². The molecule has 1 aromatic heterocycles. The summed E-state index contributed by atoms with van der Waals surface area (Å²) in [4.78, 5) is 16.6. The topological polar surface area (TPSA) is 70.8 Å². The highest BCUT2D eigenvalue weighted by Crippen LogP contribution is 2.27. The Balaban J connectivity index is 1.30. The molecule has 0 unspecified atom stereocenters. The molecule has 2 aromatic carbocycles. The minimum Gasteiger partial charge on any atom is -0.465 e. The number of carbonyl (C=O) groups is 1. The van der Waals surface area contributed by atoms with E-state index in [1.807, 2.05) is 25.1 Å². The summed E-state index contributed by atoms with van der Waals surface area (Å²) < 4.78 is 35.8. The predicted octanol–water partition coefficient (Wildman–Crippen LogP) is 5.62. The van der Waals surface area contributed by atoms with Crippen molar-refractivity contribution in [3.8, 4) is 11.5 Å². The smallest absolute Gasteiger partial charge is 0.338 e. The van der Waals surface area contributed by atoms with Gasteiger partial charge in [-0.05, 0) is 68.0 Å². The molecule has 3 aromatic rings. The summed E-state index contributed by atoms with van der Waals surface area (Å²) in [6.07, 6.45) is 5.39. The molecule has 1 aliphatic carbocycles. The van der Waals surface area contributed by atoms with Gasteiger partial charge in [-0.2, -0.15) is 0 Å². The van der Waals surface area contributed by atoms with Crippen LogP contribution in [0.5, 0.6) is 0 Å². The first kappa shape index (κ1) is 23.1. The maximum Gasteiger partial charge on any atom is 0.338 e. The molecule has 0 spiro atoms. The van der Waals surface area contributed by atoms with Crippen molar-refractivity contribution >= 4 is 5.97 Å². The minimum absolute atomic E-state index is 0.0573. The Morgan fingerprint density at radius 1 is 1.09 bits per heavy atom. The summed E-state index contributed by atoms with van der Waals surface area (Å²) in [7, 11) is 1.39. The lowest BCUT2D eigenvalue weighted by molar-refractivity contribution is -0.0563. The molecule has 1 fully saturated rings. The van der Waals surface area contributed by atoms with Crippen LogP contribution in [0.4, 0.5) is 4.39 Å². The number of oxazole rings is 1. The molecular weight excluding hydrogens is 425 g/mol. The lowest BCUT2D eigenvalue weighted by Crippen LogP contribution is -2.28. The van der Waals surface area contributed by atoms with Crippen LogP contribution in [0.1, 0.15) is 52.9 Å². The van der Waals surface area contributed by atoms with Crippen LogP contribution in [-0.2, 0) is 27.4 Å². The van der Waals surface area contributed by atoms with Crippen molar-refractivity contribution in [3.05, 3.63) is 76.9 Å². The van der Waals surface area contributed by atoms with E-state index in [0.717, 1.165) is 42.4 Å². The van der Waals surface area contributed by atoms with Gasteiger partial charge in [0, 0.05) is 5.56 Å². The fourth-order valence-electron chi connectivity index (χ4n) is 4.16. The zero-order valence-corrected chi connectivity index (χ0v) is 18.9. The van der Waals surface area contributed by atoms with Gasteiger partial charge < -0.3 is 18.6 Å². The molecule has 174 valence electrons. The molecule has 4 rings (SSSR count). The van der Waals surface area contributed by atoms with Crippen LogP contribution < -0.4 is 0 Å². The average molecular weight is 454 g/mol. The Hall–Kier alpha value is -3.03. The summed E-state index contributed by atoms with van der Waals surface area (Å²) in [5.74, 6) is -0.200. The molecule has 0 N–H and O–H groups in total. The maximum atomic E-state index is 13.1. The van der Waals surface area contributed by atoms with Crippen molar-refractivity contribution in [1.29, 1.82) is 0 Å². The zero-order chi connectivity index (χ0) is 23.2. The van der Waals surface area contributed by atoms with Crippen LogP contribution in [-0.4, -0.2) is 30.3 Å². The fourth-order valence-corrected chi connectivity index (χ4v) is 4.16. The van der Waals surface area contributed by atoms with Gasteiger partial charge in [0.2, 0.25) is 5.89 Å². The number of halogens is 1. The molecule has 33 heavy (non-hydrogen) atoms. The number of hydrogen-bond acceptors (Lipinski definition) is 6. The summed E-state index contributed by atoms with van der Waals surface area (Å²) >= 11 is 0. The van der Waals surface area contributed by atoms with Crippen molar-refractivity contribution in [2.75, 3.05) is 7.11 Å². The molecule has 7 heteroatoms. The number of hydrogen-bond donors (Lipinski definition) is 0.